The van der Waals surface area contributed by atoms with E-state index in [1.165, 1.54) is 12.1 Å². The van der Waals surface area contributed by atoms with Gasteiger partial charge in [-0.25, -0.2) is 4.79 Å². The van der Waals surface area contributed by atoms with E-state index in [0.29, 0.717) is 13.0 Å². The molecule has 0 radical (unpaired) electrons. The fraction of sp³-hybridized carbons (Fsp3) is 0.241. The van der Waals surface area contributed by atoms with Gasteiger partial charge in [-0.3, -0.25) is 9.97 Å². The summed E-state index contributed by atoms with van der Waals surface area (Å²) in [5, 5.41) is 32.6. The highest BCUT2D eigenvalue weighted by molar-refractivity contribution is 5.88. The Morgan fingerprint density at radius 1 is 1.08 bits per heavy atom. The van der Waals surface area contributed by atoms with Gasteiger partial charge in [0, 0.05) is 30.9 Å². The molecule has 8 nitrogen and oxygen atoms in total. The predicted octanol–water partition coefficient (Wildman–Crippen LogP) is 4.56. The summed E-state index contributed by atoms with van der Waals surface area (Å²) >= 11 is 0. The summed E-state index contributed by atoms with van der Waals surface area (Å²) in [6.45, 7) is 4.68. The van der Waals surface area contributed by atoms with E-state index in [0.717, 1.165) is 34.1 Å². The van der Waals surface area contributed by atoms with Gasteiger partial charge in [0.1, 0.15) is 11.8 Å². The minimum absolute atomic E-state index is 0.190. The van der Waals surface area contributed by atoms with Crippen LogP contribution in [0, 0.1) is 11.3 Å². The van der Waals surface area contributed by atoms with Gasteiger partial charge in [0.2, 0.25) is 0 Å². The smallest absolute Gasteiger partial charge is 0.335 e. The zero-order valence-electron chi connectivity index (χ0n) is 20.7. The van der Waals surface area contributed by atoms with E-state index in [1.807, 2.05) is 18.2 Å². The van der Waals surface area contributed by atoms with Crippen LogP contribution in [0.3, 0.4) is 0 Å². The van der Waals surface area contributed by atoms with E-state index in [2.05, 4.69) is 35.2 Å². The second-order valence-electron chi connectivity index (χ2n) is 9.40. The third-order valence-corrected chi connectivity index (χ3v) is 6.04. The maximum Gasteiger partial charge on any atom is 0.335 e. The first-order valence-corrected chi connectivity index (χ1v) is 11.9. The quantitative estimate of drug-likeness (QED) is 0.273. The number of nitriles is 1. The van der Waals surface area contributed by atoms with E-state index < -0.39 is 12.3 Å². The van der Waals surface area contributed by atoms with Gasteiger partial charge >= 0.3 is 5.97 Å². The molecule has 1 atom stereocenters. The van der Waals surface area contributed by atoms with Gasteiger partial charge in [-0.2, -0.15) is 5.26 Å². The fourth-order valence-corrected chi connectivity index (χ4v) is 4.18. The molecule has 0 fully saturated rings. The normalized spacial score (nSPS) is 12.2. The van der Waals surface area contributed by atoms with Gasteiger partial charge in [0.15, 0.2) is 6.29 Å². The highest BCUT2D eigenvalue weighted by Gasteiger charge is 2.20. The first-order valence-electron chi connectivity index (χ1n) is 11.9. The molecule has 1 heterocycles. The third kappa shape index (κ3) is 6.47. The van der Waals surface area contributed by atoms with Crippen molar-refractivity contribution in [2.75, 3.05) is 6.54 Å². The summed E-state index contributed by atoms with van der Waals surface area (Å²) in [5.74, 6) is -0.711. The Hall–Kier alpha value is -4.32. The molecule has 4 rings (SSSR count). The molecule has 0 aliphatic rings. The van der Waals surface area contributed by atoms with Crippen molar-refractivity contribution in [3.8, 4) is 22.9 Å². The Labute approximate surface area is 215 Å². The molecule has 8 heteroatoms. The van der Waals surface area contributed by atoms with Gasteiger partial charge in [-0.15, -0.1) is 0 Å². The molecule has 3 N–H and O–H groups in total. The van der Waals surface area contributed by atoms with Crippen molar-refractivity contribution in [2.45, 2.75) is 38.5 Å². The van der Waals surface area contributed by atoms with Crippen molar-refractivity contribution in [3.63, 3.8) is 0 Å². The molecule has 4 aromatic rings. The highest BCUT2D eigenvalue weighted by Crippen LogP contribution is 2.27. The Morgan fingerprint density at radius 2 is 1.81 bits per heavy atom. The zero-order valence-corrected chi connectivity index (χ0v) is 20.7. The van der Waals surface area contributed by atoms with Crippen LogP contribution in [0.5, 0.6) is 5.75 Å². The average Bonchev–Trinajstić information content (AvgIpc) is 2.89. The average molecular weight is 497 g/mol. The number of carbonyl (C=O) groups is 1. The van der Waals surface area contributed by atoms with Crippen molar-refractivity contribution in [1.82, 2.24) is 15.3 Å². The molecule has 188 valence electrons. The second kappa shape index (κ2) is 11.2. The van der Waals surface area contributed by atoms with Gasteiger partial charge in [-0.1, -0.05) is 30.3 Å². The lowest BCUT2D eigenvalue weighted by Gasteiger charge is -2.27. The number of carboxylic acid groups (broad SMARTS) is 1. The van der Waals surface area contributed by atoms with Crippen molar-refractivity contribution >= 4 is 17.0 Å². The molecular weight excluding hydrogens is 468 g/mol. The molecule has 0 saturated carbocycles. The number of para-hydroxylation sites is 1. The SMILES string of the molecule is CC(C)(Cc1cccc2nccnc12)NCC[C@H](O)Oc1ccc(-c2ccc(C(=O)O)cc2)cc1C#N. The fourth-order valence-electron chi connectivity index (χ4n) is 4.18. The summed E-state index contributed by atoms with van der Waals surface area (Å²) < 4.78 is 5.67. The van der Waals surface area contributed by atoms with Crippen molar-refractivity contribution < 1.29 is 19.7 Å². The van der Waals surface area contributed by atoms with Gasteiger partial charge in [0.25, 0.3) is 0 Å². The number of carboxylic acids is 1. The molecule has 1 aromatic heterocycles. The van der Waals surface area contributed by atoms with Crippen molar-refractivity contribution in [2.24, 2.45) is 0 Å². The summed E-state index contributed by atoms with van der Waals surface area (Å²) in [6.07, 6.45) is 3.33. The van der Waals surface area contributed by atoms with Crippen LogP contribution < -0.4 is 10.1 Å². The van der Waals surface area contributed by atoms with Crippen molar-refractivity contribution in [3.05, 3.63) is 89.7 Å². The highest BCUT2D eigenvalue weighted by atomic mass is 16.6. The molecule has 0 bridgehead atoms. The number of benzene rings is 3. The Kier molecular flexibility index (Phi) is 7.77. The van der Waals surface area contributed by atoms with E-state index in [-0.39, 0.29) is 22.4 Å². The van der Waals surface area contributed by atoms with Crippen LogP contribution >= 0.6 is 0 Å². The van der Waals surface area contributed by atoms with Crippen LogP contribution in [0.25, 0.3) is 22.2 Å². The number of aliphatic hydroxyl groups is 1. The summed E-state index contributed by atoms with van der Waals surface area (Å²) in [7, 11) is 0. The molecule has 0 saturated heterocycles. The van der Waals surface area contributed by atoms with E-state index in [9.17, 15) is 15.2 Å². The number of fused-ring (bicyclic) bond motifs is 1. The second-order valence-corrected chi connectivity index (χ2v) is 9.40. The monoisotopic (exact) mass is 496 g/mol. The lowest BCUT2D eigenvalue weighted by atomic mass is 9.94. The Bertz CT molecular complexity index is 1440. The first-order chi connectivity index (χ1) is 17.8. The number of nitrogens with one attached hydrogen (secondary N) is 1. The van der Waals surface area contributed by atoms with Crippen LogP contribution in [0.1, 0.15) is 41.8 Å². The molecule has 0 unspecified atom stereocenters. The number of aromatic nitrogens is 2. The Morgan fingerprint density at radius 3 is 2.54 bits per heavy atom. The molecule has 0 amide bonds. The minimum Gasteiger partial charge on any atom is -0.478 e. The van der Waals surface area contributed by atoms with Crippen molar-refractivity contribution in [1.29, 1.82) is 5.26 Å². The number of hydrogen-bond acceptors (Lipinski definition) is 7. The maximum atomic E-state index is 11.1. The number of rotatable bonds is 10. The maximum absolute atomic E-state index is 11.1. The largest absolute Gasteiger partial charge is 0.478 e. The third-order valence-electron chi connectivity index (χ3n) is 6.04. The first kappa shape index (κ1) is 25.8. The van der Waals surface area contributed by atoms with Gasteiger partial charge in [-0.05, 0) is 67.3 Å². The summed E-state index contributed by atoms with van der Waals surface area (Å²) in [4.78, 5) is 19.9. The van der Waals surface area contributed by atoms with Crippen LogP contribution in [0.2, 0.25) is 0 Å². The number of aliphatic hydroxyl groups excluding tert-OH is 1. The topological polar surface area (TPSA) is 128 Å². The molecule has 0 aliphatic heterocycles. The standard InChI is InChI=1S/C29H28N4O4/c1-29(2,17-22-4-3-5-24-27(22)32-15-14-31-24)33-13-12-26(34)37-25-11-10-21(16-23(25)18-30)19-6-8-20(9-7-19)28(35)36/h3-11,14-16,26,33-34H,12-13,17H2,1-2H3,(H,35,36)/t26-/m1/s1. The number of ether oxygens (including phenoxy) is 1. The number of hydrogen-bond donors (Lipinski definition) is 3. The molecule has 3 aromatic carbocycles. The van der Waals surface area contributed by atoms with Gasteiger partial charge < -0.3 is 20.3 Å². The molecule has 0 spiro atoms. The summed E-state index contributed by atoms with van der Waals surface area (Å²) in [6, 6.07) is 19.5. The number of nitrogens with zero attached hydrogens (tertiary/aromatic N) is 3. The predicted molar refractivity (Wildman–Crippen MR) is 140 cm³/mol. The Balaban J connectivity index is 1.34. The minimum atomic E-state index is -1.10. The summed E-state index contributed by atoms with van der Waals surface area (Å²) in [5.41, 5.74) is 4.57. The van der Waals surface area contributed by atoms with E-state index in [1.54, 1.807) is 42.7 Å². The zero-order chi connectivity index (χ0) is 26.4. The van der Waals surface area contributed by atoms with Crippen LogP contribution in [-0.4, -0.2) is 44.5 Å². The van der Waals surface area contributed by atoms with E-state index >= 15 is 0 Å². The van der Waals surface area contributed by atoms with Crippen LogP contribution in [-0.2, 0) is 6.42 Å². The lowest BCUT2D eigenvalue weighted by molar-refractivity contribution is -0.0235. The van der Waals surface area contributed by atoms with Crippen LogP contribution in [0.15, 0.2) is 73.1 Å². The van der Waals surface area contributed by atoms with Gasteiger partial charge in [0.05, 0.1) is 22.2 Å². The van der Waals surface area contributed by atoms with Crippen LogP contribution in [0.4, 0.5) is 0 Å². The molecule has 0 aliphatic carbocycles. The van der Waals surface area contributed by atoms with E-state index in [4.69, 9.17) is 9.84 Å². The number of aromatic carboxylic acids is 1. The molecule has 37 heavy (non-hydrogen) atoms. The molecular formula is C29H28N4O4. The lowest BCUT2D eigenvalue weighted by Crippen LogP contribution is -2.43.